The molecule has 1 spiro atoms. The highest BCUT2D eigenvalue weighted by atomic mass is 16.2. The molecule has 1 atom stereocenters. The van der Waals surface area contributed by atoms with E-state index in [0.29, 0.717) is 19.6 Å². The number of hydrogen-bond acceptors (Lipinski definition) is 3. The number of nitrogens with one attached hydrogen (secondary N) is 2. The normalized spacial score (nSPS) is 27.3. The number of likely N-dealkylation sites (tertiary alicyclic amines) is 1. The first-order chi connectivity index (χ1) is 11.6. The molecule has 4 rings (SSSR count). The summed E-state index contributed by atoms with van der Waals surface area (Å²) in [6.45, 7) is 3.51. The van der Waals surface area contributed by atoms with E-state index >= 15 is 0 Å². The molecule has 128 valence electrons. The number of benzene rings is 1. The van der Waals surface area contributed by atoms with Crippen LogP contribution >= 0.6 is 0 Å². The van der Waals surface area contributed by atoms with Gasteiger partial charge in [0.05, 0.1) is 12.1 Å². The predicted octanol–water partition coefficient (Wildman–Crippen LogP) is 1.50. The molecule has 1 aliphatic carbocycles. The van der Waals surface area contributed by atoms with Gasteiger partial charge < -0.3 is 15.5 Å². The Morgan fingerprint density at radius 1 is 1.29 bits per heavy atom. The number of rotatable bonds is 3. The highest BCUT2D eigenvalue weighted by Gasteiger charge is 2.48. The number of para-hydroxylation sites is 1. The van der Waals surface area contributed by atoms with Gasteiger partial charge in [-0.3, -0.25) is 9.69 Å². The van der Waals surface area contributed by atoms with Gasteiger partial charge in [0.1, 0.15) is 0 Å². The predicted molar refractivity (Wildman–Crippen MR) is 91.7 cm³/mol. The fraction of sp³-hybridized carbons (Fsp3) is 0.556. The smallest absolute Gasteiger partial charge is 0.321 e. The Kier molecular flexibility index (Phi) is 3.92. The van der Waals surface area contributed by atoms with Crippen molar-refractivity contribution in [2.45, 2.75) is 24.8 Å². The maximum Gasteiger partial charge on any atom is 0.321 e. The summed E-state index contributed by atoms with van der Waals surface area (Å²) in [4.78, 5) is 28.6. The van der Waals surface area contributed by atoms with Gasteiger partial charge in [-0.2, -0.15) is 0 Å². The molecule has 6 nitrogen and oxygen atoms in total. The zero-order chi connectivity index (χ0) is 16.6. The summed E-state index contributed by atoms with van der Waals surface area (Å²) in [5.74, 6) is 0.841. The van der Waals surface area contributed by atoms with Crippen molar-refractivity contribution in [2.24, 2.45) is 5.92 Å². The summed E-state index contributed by atoms with van der Waals surface area (Å²) >= 11 is 0. The molecule has 3 aliphatic rings. The van der Waals surface area contributed by atoms with E-state index in [9.17, 15) is 9.59 Å². The fourth-order valence-corrected chi connectivity index (χ4v) is 3.80. The number of urea groups is 1. The Labute approximate surface area is 142 Å². The lowest BCUT2D eigenvalue weighted by atomic mass is 9.93. The van der Waals surface area contributed by atoms with E-state index in [2.05, 4.69) is 15.5 Å². The lowest BCUT2D eigenvalue weighted by molar-refractivity contribution is -0.128. The molecule has 0 bridgehead atoms. The molecular formula is C18H24N4O2. The van der Waals surface area contributed by atoms with Crippen LogP contribution in [-0.2, 0) is 4.79 Å². The van der Waals surface area contributed by atoms with Gasteiger partial charge in [-0.25, -0.2) is 4.79 Å². The molecule has 0 radical (unpaired) electrons. The molecule has 2 saturated heterocycles. The first-order valence-electron chi connectivity index (χ1n) is 8.77. The molecule has 1 unspecified atom stereocenters. The lowest BCUT2D eigenvalue weighted by Crippen LogP contribution is -2.65. The zero-order valence-electron chi connectivity index (χ0n) is 13.8. The molecule has 1 aromatic carbocycles. The maximum atomic E-state index is 12.6. The second-order valence-electron chi connectivity index (χ2n) is 7.29. The topological polar surface area (TPSA) is 64.7 Å². The molecule has 2 aliphatic heterocycles. The standard InChI is InChI=1S/C18H24N4O2/c23-16-11-22(10-14-6-7-14)18(12-19-16)8-9-21(13-18)17(24)20-15-4-2-1-3-5-15/h1-5,14H,6-13H2,(H,19,23)(H,20,24). The van der Waals surface area contributed by atoms with Gasteiger partial charge in [0.25, 0.3) is 0 Å². The minimum Gasteiger partial charge on any atom is -0.353 e. The van der Waals surface area contributed by atoms with Crippen LogP contribution in [0.15, 0.2) is 30.3 Å². The number of carbonyl (C=O) groups is 2. The van der Waals surface area contributed by atoms with Crippen LogP contribution in [0.5, 0.6) is 0 Å². The number of hydrogen-bond donors (Lipinski definition) is 2. The first-order valence-corrected chi connectivity index (χ1v) is 8.77. The molecule has 2 heterocycles. The maximum absolute atomic E-state index is 12.6. The van der Waals surface area contributed by atoms with E-state index in [0.717, 1.165) is 31.1 Å². The highest BCUT2D eigenvalue weighted by Crippen LogP contribution is 2.36. The van der Waals surface area contributed by atoms with E-state index in [1.165, 1.54) is 12.8 Å². The van der Waals surface area contributed by atoms with Crippen LogP contribution < -0.4 is 10.6 Å². The van der Waals surface area contributed by atoms with Gasteiger partial charge >= 0.3 is 6.03 Å². The summed E-state index contributed by atoms with van der Waals surface area (Å²) in [5.41, 5.74) is 0.722. The van der Waals surface area contributed by atoms with Gasteiger partial charge in [-0.05, 0) is 37.3 Å². The molecule has 0 aromatic heterocycles. The number of carbonyl (C=O) groups excluding carboxylic acids is 2. The van der Waals surface area contributed by atoms with Crippen LogP contribution in [0, 0.1) is 5.92 Å². The van der Waals surface area contributed by atoms with Gasteiger partial charge in [-0.1, -0.05) is 18.2 Å². The first kappa shape index (κ1) is 15.4. The number of anilines is 1. The second kappa shape index (κ2) is 6.09. The number of amides is 3. The average molecular weight is 328 g/mol. The Morgan fingerprint density at radius 2 is 2.08 bits per heavy atom. The van der Waals surface area contributed by atoms with E-state index in [-0.39, 0.29) is 17.5 Å². The van der Waals surface area contributed by atoms with Crippen molar-refractivity contribution in [3.8, 4) is 0 Å². The monoisotopic (exact) mass is 328 g/mol. The Morgan fingerprint density at radius 3 is 2.83 bits per heavy atom. The molecule has 2 N–H and O–H groups in total. The number of piperazine rings is 1. The van der Waals surface area contributed by atoms with Crippen molar-refractivity contribution < 1.29 is 9.59 Å². The fourth-order valence-electron chi connectivity index (χ4n) is 3.80. The van der Waals surface area contributed by atoms with Crippen LogP contribution in [0.4, 0.5) is 10.5 Å². The largest absolute Gasteiger partial charge is 0.353 e. The SMILES string of the molecule is O=C1CN(CC2CC2)C2(CCN(C(=O)Nc3ccccc3)C2)CN1. The van der Waals surface area contributed by atoms with Crippen molar-refractivity contribution >= 4 is 17.6 Å². The van der Waals surface area contributed by atoms with Gasteiger partial charge in [0.2, 0.25) is 5.91 Å². The lowest BCUT2D eigenvalue weighted by Gasteiger charge is -2.44. The van der Waals surface area contributed by atoms with Crippen molar-refractivity contribution in [2.75, 3.05) is 38.0 Å². The second-order valence-corrected chi connectivity index (χ2v) is 7.29. The highest BCUT2D eigenvalue weighted by molar-refractivity contribution is 5.89. The van der Waals surface area contributed by atoms with E-state index < -0.39 is 0 Å². The summed E-state index contributed by atoms with van der Waals surface area (Å²) < 4.78 is 0. The summed E-state index contributed by atoms with van der Waals surface area (Å²) in [7, 11) is 0. The van der Waals surface area contributed by atoms with Crippen molar-refractivity contribution in [1.29, 1.82) is 0 Å². The van der Waals surface area contributed by atoms with Gasteiger partial charge in [0, 0.05) is 31.9 Å². The van der Waals surface area contributed by atoms with Crippen LogP contribution in [0.3, 0.4) is 0 Å². The molecule has 1 saturated carbocycles. The van der Waals surface area contributed by atoms with Crippen molar-refractivity contribution in [3.63, 3.8) is 0 Å². The quantitative estimate of drug-likeness (QED) is 0.884. The molecule has 3 amide bonds. The molecular weight excluding hydrogens is 304 g/mol. The van der Waals surface area contributed by atoms with Crippen molar-refractivity contribution in [1.82, 2.24) is 15.1 Å². The van der Waals surface area contributed by atoms with Crippen molar-refractivity contribution in [3.05, 3.63) is 30.3 Å². The summed E-state index contributed by atoms with van der Waals surface area (Å²) in [6.07, 6.45) is 3.46. The Hall–Kier alpha value is -2.08. The average Bonchev–Trinajstić information content (AvgIpc) is 3.29. The van der Waals surface area contributed by atoms with Gasteiger partial charge in [-0.15, -0.1) is 0 Å². The summed E-state index contributed by atoms with van der Waals surface area (Å²) in [5, 5.41) is 5.97. The third-order valence-electron chi connectivity index (χ3n) is 5.44. The molecule has 6 heteroatoms. The third kappa shape index (κ3) is 3.11. The minimum atomic E-state index is -0.0927. The zero-order valence-corrected chi connectivity index (χ0v) is 13.8. The number of nitrogens with zero attached hydrogens (tertiary/aromatic N) is 2. The van der Waals surface area contributed by atoms with Crippen LogP contribution in [0.25, 0.3) is 0 Å². The Bertz CT molecular complexity index is 631. The van der Waals surface area contributed by atoms with Gasteiger partial charge in [0.15, 0.2) is 0 Å². The van der Waals surface area contributed by atoms with E-state index in [4.69, 9.17) is 0 Å². The van der Waals surface area contributed by atoms with E-state index in [1.807, 2.05) is 35.2 Å². The molecule has 24 heavy (non-hydrogen) atoms. The molecule has 1 aromatic rings. The van der Waals surface area contributed by atoms with E-state index in [1.54, 1.807) is 0 Å². The van der Waals surface area contributed by atoms with Crippen LogP contribution in [0.1, 0.15) is 19.3 Å². The van der Waals surface area contributed by atoms with Crippen LogP contribution in [-0.4, -0.2) is 60.0 Å². The molecule has 3 fully saturated rings. The third-order valence-corrected chi connectivity index (χ3v) is 5.44. The Balaban J connectivity index is 1.43. The minimum absolute atomic E-state index is 0.0543. The van der Waals surface area contributed by atoms with Crippen LogP contribution in [0.2, 0.25) is 0 Å². The summed E-state index contributed by atoms with van der Waals surface area (Å²) in [6, 6.07) is 9.49.